The van der Waals surface area contributed by atoms with Crippen molar-refractivity contribution >= 4 is 5.91 Å². The van der Waals surface area contributed by atoms with Gasteiger partial charge in [0, 0.05) is 26.6 Å². The number of halogens is 3. The Hall–Kier alpha value is -1.24. The van der Waals surface area contributed by atoms with E-state index in [1.165, 1.54) is 4.90 Å². The van der Waals surface area contributed by atoms with Crippen LogP contribution < -0.4 is 5.32 Å². The molecule has 0 aliphatic heterocycles. The van der Waals surface area contributed by atoms with Gasteiger partial charge in [0.2, 0.25) is 5.91 Å². The second kappa shape index (κ2) is 8.79. The van der Waals surface area contributed by atoms with E-state index < -0.39 is 11.9 Å². The Balaban J connectivity index is 3.56. The molecule has 0 saturated carbocycles. The summed E-state index contributed by atoms with van der Waals surface area (Å²) in [6.45, 7) is 3.31. The summed E-state index contributed by atoms with van der Waals surface area (Å²) in [5, 5.41) is 10.8. The number of allylic oxidation sites excluding steroid dienone is 1. The molecule has 0 heterocycles. The van der Waals surface area contributed by atoms with Crippen molar-refractivity contribution in [2.45, 2.75) is 31.9 Å². The Bertz CT molecular complexity index is 293. The zero-order valence-electron chi connectivity index (χ0n) is 11.1. The molecule has 0 aliphatic carbocycles. The minimum atomic E-state index is -4.40. The van der Waals surface area contributed by atoms with E-state index in [9.17, 15) is 18.0 Å². The monoisotopic (exact) mass is 282 g/mol. The highest BCUT2D eigenvalue weighted by atomic mass is 19.4. The summed E-state index contributed by atoms with van der Waals surface area (Å²) in [6, 6.07) is 0. The zero-order valence-corrected chi connectivity index (χ0v) is 11.1. The van der Waals surface area contributed by atoms with Crippen LogP contribution in [0.4, 0.5) is 13.2 Å². The van der Waals surface area contributed by atoms with E-state index in [2.05, 4.69) is 11.9 Å². The van der Waals surface area contributed by atoms with Crippen molar-refractivity contribution in [3.05, 3.63) is 12.3 Å². The number of aliphatic hydroxyl groups excluding tert-OH is 1. The highest BCUT2D eigenvalue weighted by Gasteiger charge is 2.31. The quantitative estimate of drug-likeness (QED) is 0.632. The van der Waals surface area contributed by atoms with E-state index in [1.807, 2.05) is 0 Å². The summed E-state index contributed by atoms with van der Waals surface area (Å²) >= 11 is 0. The minimum Gasteiger partial charge on any atom is -0.395 e. The van der Waals surface area contributed by atoms with Crippen LogP contribution in [0.2, 0.25) is 0 Å². The number of unbranched alkanes of at least 4 members (excludes halogenated alkanes) is 2. The first-order valence-electron chi connectivity index (χ1n) is 6.14. The van der Waals surface area contributed by atoms with Crippen LogP contribution in [0.1, 0.15) is 25.7 Å². The molecule has 0 spiro atoms. The fourth-order valence-electron chi connectivity index (χ4n) is 1.38. The molecular formula is C12H21F3N2O2. The normalized spacial score (nSPS) is 11.2. The summed E-state index contributed by atoms with van der Waals surface area (Å²) in [6.07, 6.45) is -2.22. The van der Waals surface area contributed by atoms with Gasteiger partial charge < -0.3 is 15.3 Å². The second-order valence-corrected chi connectivity index (χ2v) is 4.25. The second-order valence-electron chi connectivity index (χ2n) is 4.25. The van der Waals surface area contributed by atoms with Gasteiger partial charge in [-0.15, -0.1) is 0 Å². The van der Waals surface area contributed by atoms with Gasteiger partial charge in [0.25, 0.3) is 0 Å². The van der Waals surface area contributed by atoms with Crippen LogP contribution in [-0.4, -0.2) is 48.8 Å². The van der Waals surface area contributed by atoms with E-state index in [4.69, 9.17) is 5.11 Å². The molecule has 0 unspecified atom stereocenters. The Morgan fingerprint density at radius 1 is 1.32 bits per heavy atom. The lowest BCUT2D eigenvalue weighted by molar-refractivity contribution is -0.130. The Kier molecular flexibility index (Phi) is 8.22. The molecule has 0 rings (SSSR count). The number of carbonyl (C=O) groups excluding carboxylic acids is 1. The topological polar surface area (TPSA) is 52.6 Å². The molecule has 0 aliphatic rings. The molecule has 0 radical (unpaired) electrons. The number of rotatable bonds is 9. The molecule has 2 N–H and O–H groups in total. The third-order valence-corrected chi connectivity index (χ3v) is 2.61. The van der Waals surface area contributed by atoms with Crippen molar-refractivity contribution in [3.63, 3.8) is 0 Å². The van der Waals surface area contributed by atoms with Crippen molar-refractivity contribution in [1.29, 1.82) is 0 Å². The summed E-state index contributed by atoms with van der Waals surface area (Å²) in [7, 11) is 1.60. The minimum absolute atomic E-state index is 0.0679. The lowest BCUT2D eigenvalue weighted by Crippen LogP contribution is -2.29. The van der Waals surface area contributed by atoms with E-state index in [1.54, 1.807) is 7.05 Å². The first-order valence-corrected chi connectivity index (χ1v) is 6.14. The van der Waals surface area contributed by atoms with Crippen molar-refractivity contribution in [2.24, 2.45) is 0 Å². The standard InChI is InChI=1S/C12H21F3N2O2/c1-10(12(13,14)15)16-7-5-3-4-6-11(19)17(2)8-9-18/h16,18H,1,3-9H2,2H3. The van der Waals surface area contributed by atoms with Gasteiger partial charge in [-0.25, -0.2) is 0 Å². The maximum absolute atomic E-state index is 12.1. The van der Waals surface area contributed by atoms with E-state index in [-0.39, 0.29) is 19.1 Å². The number of aliphatic hydroxyl groups is 1. The average molecular weight is 282 g/mol. The largest absolute Gasteiger partial charge is 0.430 e. The molecule has 0 saturated heterocycles. The fourth-order valence-corrected chi connectivity index (χ4v) is 1.38. The van der Waals surface area contributed by atoms with Gasteiger partial charge in [0.15, 0.2) is 0 Å². The average Bonchev–Trinajstić information content (AvgIpc) is 2.31. The lowest BCUT2D eigenvalue weighted by Gasteiger charge is -2.15. The number of nitrogens with one attached hydrogen (secondary N) is 1. The Labute approximate surface area is 111 Å². The molecule has 0 aromatic heterocycles. The van der Waals surface area contributed by atoms with Gasteiger partial charge >= 0.3 is 6.18 Å². The third-order valence-electron chi connectivity index (χ3n) is 2.61. The molecule has 112 valence electrons. The van der Waals surface area contributed by atoms with Gasteiger partial charge in [-0.05, 0) is 12.8 Å². The van der Waals surface area contributed by atoms with Gasteiger partial charge in [-0.1, -0.05) is 13.0 Å². The van der Waals surface area contributed by atoms with E-state index in [0.717, 1.165) is 0 Å². The van der Waals surface area contributed by atoms with Crippen LogP contribution in [0.15, 0.2) is 12.3 Å². The van der Waals surface area contributed by atoms with Gasteiger partial charge in [-0.3, -0.25) is 4.79 Å². The summed E-state index contributed by atoms with van der Waals surface area (Å²) in [4.78, 5) is 12.9. The summed E-state index contributed by atoms with van der Waals surface area (Å²) in [5.41, 5.74) is -0.939. The molecule has 7 heteroatoms. The SMILES string of the molecule is C=C(NCCCCCC(=O)N(C)CCO)C(F)(F)F. The predicted octanol–water partition coefficient (Wildman–Crippen LogP) is 1.66. The molecule has 4 nitrogen and oxygen atoms in total. The number of carbonyl (C=O) groups is 1. The van der Waals surface area contributed by atoms with Crippen molar-refractivity contribution in [3.8, 4) is 0 Å². The van der Waals surface area contributed by atoms with Crippen LogP contribution in [0.25, 0.3) is 0 Å². The summed E-state index contributed by atoms with van der Waals surface area (Å²) < 4.78 is 36.2. The lowest BCUT2D eigenvalue weighted by atomic mass is 10.2. The van der Waals surface area contributed by atoms with Crippen LogP contribution in [0, 0.1) is 0 Å². The molecule has 0 atom stereocenters. The maximum atomic E-state index is 12.1. The first kappa shape index (κ1) is 17.8. The van der Waals surface area contributed by atoms with E-state index >= 15 is 0 Å². The smallest absolute Gasteiger partial charge is 0.395 e. The highest BCUT2D eigenvalue weighted by molar-refractivity contribution is 5.75. The van der Waals surface area contributed by atoms with Crippen LogP contribution in [0.5, 0.6) is 0 Å². The highest BCUT2D eigenvalue weighted by Crippen LogP contribution is 2.21. The maximum Gasteiger partial charge on any atom is 0.430 e. The number of nitrogens with zero attached hydrogens (tertiary/aromatic N) is 1. The van der Waals surface area contributed by atoms with Crippen LogP contribution in [-0.2, 0) is 4.79 Å². The van der Waals surface area contributed by atoms with Gasteiger partial charge in [0.05, 0.1) is 6.61 Å². The zero-order chi connectivity index (χ0) is 14.9. The summed E-state index contributed by atoms with van der Waals surface area (Å²) in [5.74, 6) is -0.0679. The Morgan fingerprint density at radius 2 is 1.95 bits per heavy atom. The van der Waals surface area contributed by atoms with Crippen molar-refractivity contribution in [1.82, 2.24) is 10.2 Å². The molecule has 19 heavy (non-hydrogen) atoms. The van der Waals surface area contributed by atoms with Gasteiger partial charge in [-0.2, -0.15) is 13.2 Å². The van der Waals surface area contributed by atoms with Crippen molar-refractivity contribution < 1.29 is 23.1 Å². The first-order chi connectivity index (χ1) is 8.79. The molecular weight excluding hydrogens is 261 g/mol. The molecule has 0 aromatic carbocycles. The van der Waals surface area contributed by atoms with Crippen LogP contribution >= 0.6 is 0 Å². The molecule has 0 fully saturated rings. The number of hydrogen-bond acceptors (Lipinski definition) is 3. The van der Waals surface area contributed by atoms with E-state index in [0.29, 0.717) is 32.2 Å². The molecule has 0 aromatic rings. The molecule has 1 amide bonds. The molecule has 0 bridgehead atoms. The third kappa shape index (κ3) is 8.47. The fraction of sp³-hybridized carbons (Fsp3) is 0.750. The predicted molar refractivity (Wildman–Crippen MR) is 66.4 cm³/mol. The number of likely N-dealkylation sites (N-methyl/N-ethyl adjacent to an activating group) is 1. The van der Waals surface area contributed by atoms with Gasteiger partial charge in [0.1, 0.15) is 5.70 Å². The number of alkyl halides is 3. The van der Waals surface area contributed by atoms with Crippen LogP contribution in [0.3, 0.4) is 0 Å². The van der Waals surface area contributed by atoms with Crippen molar-refractivity contribution in [2.75, 3.05) is 26.7 Å². The Morgan fingerprint density at radius 3 is 2.47 bits per heavy atom. The number of amides is 1. The number of hydrogen-bond donors (Lipinski definition) is 2.